The molecule has 0 radical (unpaired) electrons. The number of carbonyl (C=O) groups is 1. The second-order valence-electron chi connectivity index (χ2n) is 5.91. The SMILES string of the molecule is COC(CN(C)C(=O)c1cc[c]([Sn]([CH3])([CH3])[CH3])cc1)OC. The molecule has 0 aliphatic carbocycles. The van der Waals surface area contributed by atoms with Crippen LogP contribution in [0.3, 0.4) is 0 Å². The number of methoxy groups -OCH3 is 2. The molecule has 4 nitrogen and oxygen atoms in total. The average molecular weight is 386 g/mol. The molecule has 1 rings (SSSR count). The zero-order valence-corrected chi connectivity index (χ0v) is 16.1. The summed E-state index contributed by atoms with van der Waals surface area (Å²) in [6.45, 7) is 0.409. The van der Waals surface area contributed by atoms with Crippen LogP contribution in [0.4, 0.5) is 0 Å². The fraction of sp³-hybridized carbons (Fsp3) is 0.533. The van der Waals surface area contributed by atoms with E-state index in [2.05, 4.69) is 27.0 Å². The third-order valence-electron chi connectivity index (χ3n) is 3.29. The van der Waals surface area contributed by atoms with E-state index in [-0.39, 0.29) is 5.91 Å². The van der Waals surface area contributed by atoms with Crippen LogP contribution in [0.15, 0.2) is 24.3 Å². The number of amides is 1. The van der Waals surface area contributed by atoms with Gasteiger partial charge < -0.3 is 0 Å². The van der Waals surface area contributed by atoms with Crippen LogP contribution in [0.2, 0.25) is 14.8 Å². The quantitative estimate of drug-likeness (QED) is 0.554. The molecule has 0 unspecified atom stereocenters. The van der Waals surface area contributed by atoms with Crippen molar-refractivity contribution in [3.8, 4) is 0 Å². The third kappa shape index (κ3) is 4.75. The van der Waals surface area contributed by atoms with Gasteiger partial charge >= 0.3 is 126 Å². The van der Waals surface area contributed by atoms with Gasteiger partial charge in [0.2, 0.25) is 0 Å². The normalized spacial score (nSPS) is 11.8. The molecule has 1 aromatic rings. The molecule has 0 saturated carbocycles. The van der Waals surface area contributed by atoms with E-state index in [9.17, 15) is 4.79 Å². The Morgan fingerprint density at radius 2 is 1.65 bits per heavy atom. The summed E-state index contributed by atoms with van der Waals surface area (Å²) < 4.78 is 11.6. The molecule has 0 atom stereocenters. The van der Waals surface area contributed by atoms with Gasteiger partial charge in [-0.05, 0) is 0 Å². The number of nitrogens with zero attached hydrogens (tertiary/aromatic N) is 1. The van der Waals surface area contributed by atoms with Gasteiger partial charge in [0.15, 0.2) is 0 Å². The Hall–Kier alpha value is -0.591. The van der Waals surface area contributed by atoms with Crippen LogP contribution in [0.1, 0.15) is 10.4 Å². The first kappa shape index (κ1) is 17.5. The van der Waals surface area contributed by atoms with Gasteiger partial charge in [-0.25, -0.2) is 0 Å². The number of ether oxygens (including phenoxy) is 2. The van der Waals surface area contributed by atoms with Crippen molar-refractivity contribution < 1.29 is 14.3 Å². The summed E-state index contributed by atoms with van der Waals surface area (Å²) in [7, 11) is 4.89. The Morgan fingerprint density at radius 3 is 2.05 bits per heavy atom. The van der Waals surface area contributed by atoms with Crippen LogP contribution < -0.4 is 3.58 Å². The predicted molar refractivity (Wildman–Crippen MR) is 84.2 cm³/mol. The summed E-state index contributed by atoms with van der Waals surface area (Å²) in [6, 6.07) is 8.04. The molecular weight excluding hydrogens is 361 g/mol. The second-order valence-corrected chi connectivity index (χ2v) is 20.4. The Balaban J connectivity index is 2.77. The zero-order valence-electron chi connectivity index (χ0n) is 13.3. The number of likely N-dealkylation sites (N-methyl/N-ethyl adjacent to an activating group) is 1. The molecule has 0 heterocycles. The molecule has 0 saturated heterocycles. The van der Waals surface area contributed by atoms with E-state index in [0.717, 1.165) is 0 Å². The van der Waals surface area contributed by atoms with Crippen LogP contribution in [0.25, 0.3) is 0 Å². The van der Waals surface area contributed by atoms with E-state index in [1.807, 2.05) is 12.1 Å². The van der Waals surface area contributed by atoms with E-state index in [0.29, 0.717) is 12.1 Å². The Morgan fingerprint density at radius 1 is 1.15 bits per heavy atom. The van der Waals surface area contributed by atoms with Gasteiger partial charge in [0.25, 0.3) is 0 Å². The summed E-state index contributed by atoms with van der Waals surface area (Å²) in [5.74, 6) is -0.0141. The van der Waals surface area contributed by atoms with Crippen molar-refractivity contribution in [1.82, 2.24) is 4.90 Å². The number of carbonyl (C=O) groups excluding carboxylic acids is 1. The Labute approximate surface area is 125 Å². The second kappa shape index (κ2) is 7.43. The summed E-state index contributed by atoms with van der Waals surface area (Å²) in [4.78, 5) is 21.0. The van der Waals surface area contributed by atoms with Gasteiger partial charge in [-0.2, -0.15) is 0 Å². The molecule has 20 heavy (non-hydrogen) atoms. The molecule has 0 aromatic heterocycles. The van der Waals surface area contributed by atoms with E-state index < -0.39 is 24.7 Å². The topological polar surface area (TPSA) is 38.8 Å². The monoisotopic (exact) mass is 387 g/mol. The van der Waals surface area contributed by atoms with Crippen molar-refractivity contribution in [3.05, 3.63) is 29.8 Å². The van der Waals surface area contributed by atoms with Gasteiger partial charge in [-0.15, -0.1) is 0 Å². The molecule has 0 spiro atoms. The fourth-order valence-corrected chi connectivity index (χ4v) is 5.21. The summed E-state index contributed by atoms with van der Waals surface area (Å²) >= 11 is -2.04. The van der Waals surface area contributed by atoms with Crippen LogP contribution >= 0.6 is 0 Å². The first-order valence-electron chi connectivity index (χ1n) is 6.71. The molecule has 5 heteroatoms. The number of rotatable bonds is 6. The molecule has 0 aliphatic heterocycles. The number of benzene rings is 1. The summed E-state index contributed by atoms with van der Waals surface area (Å²) in [5, 5.41) is 0. The fourth-order valence-electron chi connectivity index (χ4n) is 1.89. The van der Waals surface area contributed by atoms with E-state index in [1.165, 1.54) is 3.58 Å². The first-order valence-corrected chi connectivity index (χ1v) is 16.7. The van der Waals surface area contributed by atoms with Gasteiger partial charge in [-0.3, -0.25) is 0 Å². The maximum atomic E-state index is 12.3. The van der Waals surface area contributed by atoms with Crippen molar-refractivity contribution in [2.75, 3.05) is 27.8 Å². The Kier molecular flexibility index (Phi) is 6.48. The van der Waals surface area contributed by atoms with Crippen LogP contribution in [-0.4, -0.2) is 63.3 Å². The first-order chi connectivity index (χ1) is 9.29. The van der Waals surface area contributed by atoms with Gasteiger partial charge in [0.05, 0.1) is 0 Å². The molecular formula is C15H25NO3Sn. The van der Waals surface area contributed by atoms with Crippen molar-refractivity contribution in [3.63, 3.8) is 0 Å². The molecule has 0 N–H and O–H groups in total. The standard InChI is InChI=1S/C12H16NO3.3CH3.Sn/c1-13(9-11(15-2)16-3)12(14)10-7-5-4-6-8-10;;;;/h5-8,11H,9H2,1-3H3;3*1H3;. The van der Waals surface area contributed by atoms with Crippen LogP contribution in [0, 0.1) is 0 Å². The molecule has 0 fully saturated rings. The average Bonchev–Trinajstić information content (AvgIpc) is 2.42. The van der Waals surface area contributed by atoms with Crippen molar-refractivity contribution in [2.45, 2.75) is 21.1 Å². The molecule has 0 aliphatic rings. The van der Waals surface area contributed by atoms with Crippen LogP contribution in [0.5, 0.6) is 0 Å². The predicted octanol–water partition coefficient (Wildman–Crippen LogP) is 1.92. The number of hydrogen-bond donors (Lipinski definition) is 0. The van der Waals surface area contributed by atoms with E-state index in [4.69, 9.17) is 9.47 Å². The number of hydrogen-bond acceptors (Lipinski definition) is 3. The van der Waals surface area contributed by atoms with E-state index >= 15 is 0 Å². The zero-order chi connectivity index (χ0) is 15.3. The van der Waals surface area contributed by atoms with Crippen molar-refractivity contribution in [2.24, 2.45) is 0 Å². The Bertz CT molecular complexity index is 435. The summed E-state index contributed by atoms with van der Waals surface area (Å²) in [6.07, 6.45) is -0.394. The third-order valence-corrected chi connectivity index (χ3v) is 9.19. The molecule has 112 valence electrons. The minimum absolute atomic E-state index is 0.0141. The van der Waals surface area contributed by atoms with Crippen LogP contribution in [-0.2, 0) is 9.47 Å². The van der Waals surface area contributed by atoms with E-state index in [1.54, 1.807) is 26.2 Å². The molecule has 1 aromatic carbocycles. The van der Waals surface area contributed by atoms with Gasteiger partial charge in [0.1, 0.15) is 0 Å². The van der Waals surface area contributed by atoms with Crippen molar-refractivity contribution >= 4 is 27.9 Å². The molecule has 0 bridgehead atoms. The minimum atomic E-state index is -2.04. The maximum absolute atomic E-state index is 12.3. The molecule has 1 amide bonds. The van der Waals surface area contributed by atoms with Gasteiger partial charge in [-0.1, -0.05) is 0 Å². The van der Waals surface area contributed by atoms with Crippen molar-refractivity contribution in [1.29, 1.82) is 0 Å². The van der Waals surface area contributed by atoms with Gasteiger partial charge in [0, 0.05) is 0 Å². The summed E-state index contributed by atoms with van der Waals surface area (Å²) in [5.41, 5.74) is 0.706.